The summed E-state index contributed by atoms with van der Waals surface area (Å²) >= 11 is 0. The third kappa shape index (κ3) is 6.43. The molecule has 1 fully saturated rings. The van der Waals surface area contributed by atoms with Crippen LogP contribution in [0.4, 0.5) is 4.79 Å². The summed E-state index contributed by atoms with van der Waals surface area (Å²) in [6.07, 6.45) is 1.14. The van der Waals surface area contributed by atoms with Gasteiger partial charge in [0.25, 0.3) is 0 Å². The molecule has 1 saturated heterocycles. The third-order valence-corrected chi connectivity index (χ3v) is 3.21. The second-order valence-corrected chi connectivity index (χ2v) is 6.07. The van der Waals surface area contributed by atoms with Gasteiger partial charge in [0.05, 0.1) is 6.42 Å². The number of carbonyl (C=O) groups excluding carboxylic acids is 1. The summed E-state index contributed by atoms with van der Waals surface area (Å²) in [5.41, 5.74) is 5.36. The van der Waals surface area contributed by atoms with Gasteiger partial charge in [0.2, 0.25) is 0 Å². The van der Waals surface area contributed by atoms with Crippen LogP contribution in [0, 0.1) is 5.92 Å². The standard InChI is InChI=1S/C13H24N2O4.ClH/c1-13(2,3)19-12(18)15-6-4-9(5-7-15)10(14)8-11(16)17;/h9-10H,4-8,14H2,1-3H3,(H,16,17);1H. The first-order valence-electron chi connectivity index (χ1n) is 6.64. The van der Waals surface area contributed by atoms with E-state index in [1.54, 1.807) is 4.90 Å². The van der Waals surface area contributed by atoms with Crippen LogP contribution in [0.25, 0.3) is 0 Å². The molecule has 0 spiro atoms. The number of likely N-dealkylation sites (tertiary alicyclic amines) is 1. The van der Waals surface area contributed by atoms with Crippen LogP contribution < -0.4 is 5.73 Å². The van der Waals surface area contributed by atoms with E-state index in [0.717, 1.165) is 12.8 Å². The summed E-state index contributed by atoms with van der Waals surface area (Å²) in [6.45, 7) is 6.65. The topological polar surface area (TPSA) is 92.9 Å². The van der Waals surface area contributed by atoms with Crippen LogP contribution in [-0.4, -0.2) is 46.8 Å². The quantitative estimate of drug-likeness (QED) is 0.830. The van der Waals surface area contributed by atoms with Crippen molar-refractivity contribution in [2.24, 2.45) is 11.7 Å². The van der Waals surface area contributed by atoms with E-state index in [1.165, 1.54) is 0 Å². The lowest BCUT2D eigenvalue weighted by Gasteiger charge is -2.35. The number of nitrogens with two attached hydrogens (primary N) is 1. The van der Waals surface area contributed by atoms with E-state index in [-0.39, 0.29) is 36.9 Å². The van der Waals surface area contributed by atoms with E-state index >= 15 is 0 Å². The molecule has 3 N–H and O–H groups in total. The maximum absolute atomic E-state index is 11.8. The molecule has 20 heavy (non-hydrogen) atoms. The summed E-state index contributed by atoms with van der Waals surface area (Å²) in [5.74, 6) is -0.711. The van der Waals surface area contributed by atoms with Gasteiger partial charge < -0.3 is 20.5 Å². The van der Waals surface area contributed by atoms with E-state index in [9.17, 15) is 9.59 Å². The van der Waals surface area contributed by atoms with Gasteiger partial charge in [-0.25, -0.2) is 4.79 Å². The lowest BCUT2D eigenvalue weighted by atomic mass is 9.88. The maximum atomic E-state index is 11.8. The first-order valence-corrected chi connectivity index (χ1v) is 6.64. The monoisotopic (exact) mass is 308 g/mol. The van der Waals surface area contributed by atoms with Gasteiger partial charge in [-0.2, -0.15) is 0 Å². The minimum absolute atomic E-state index is 0. The summed E-state index contributed by atoms with van der Waals surface area (Å²) in [7, 11) is 0. The first-order chi connectivity index (χ1) is 8.69. The fourth-order valence-corrected chi connectivity index (χ4v) is 2.20. The van der Waals surface area contributed by atoms with E-state index in [1.807, 2.05) is 20.8 Å². The summed E-state index contributed by atoms with van der Waals surface area (Å²) in [6, 6.07) is -0.335. The van der Waals surface area contributed by atoms with Gasteiger partial charge >= 0.3 is 12.1 Å². The van der Waals surface area contributed by atoms with Crippen molar-refractivity contribution in [1.29, 1.82) is 0 Å². The molecule has 0 radical (unpaired) electrons. The lowest BCUT2D eigenvalue weighted by Crippen LogP contribution is -2.45. The Morgan fingerprint density at radius 2 is 1.85 bits per heavy atom. The minimum Gasteiger partial charge on any atom is -0.481 e. The number of hydrogen-bond acceptors (Lipinski definition) is 4. The lowest BCUT2D eigenvalue weighted by molar-refractivity contribution is -0.137. The SMILES string of the molecule is CC(C)(C)OC(=O)N1CCC(C(N)CC(=O)O)CC1.Cl. The predicted octanol–water partition coefficient (Wildman–Crippen LogP) is 1.86. The van der Waals surface area contributed by atoms with Crippen molar-refractivity contribution in [3.05, 3.63) is 0 Å². The van der Waals surface area contributed by atoms with Crippen LogP contribution in [0.1, 0.15) is 40.0 Å². The zero-order valence-electron chi connectivity index (χ0n) is 12.3. The molecule has 1 aliphatic heterocycles. The van der Waals surface area contributed by atoms with Gasteiger partial charge in [-0.1, -0.05) is 0 Å². The Morgan fingerprint density at radius 3 is 2.25 bits per heavy atom. The Balaban J connectivity index is 0.00000361. The molecule has 0 aromatic rings. The van der Waals surface area contributed by atoms with Crippen molar-refractivity contribution in [3.63, 3.8) is 0 Å². The average molecular weight is 309 g/mol. The zero-order chi connectivity index (χ0) is 14.6. The van der Waals surface area contributed by atoms with Gasteiger partial charge in [0.1, 0.15) is 5.60 Å². The first kappa shape index (κ1) is 19.0. The number of carbonyl (C=O) groups is 2. The van der Waals surface area contributed by atoms with Crippen molar-refractivity contribution in [2.45, 2.75) is 51.7 Å². The molecule has 6 nitrogen and oxygen atoms in total. The Kier molecular flexibility index (Phi) is 7.30. The second kappa shape index (κ2) is 7.69. The van der Waals surface area contributed by atoms with Gasteiger partial charge in [0, 0.05) is 19.1 Å². The number of nitrogens with zero attached hydrogens (tertiary/aromatic N) is 1. The fourth-order valence-electron chi connectivity index (χ4n) is 2.20. The molecular formula is C13H25ClN2O4. The highest BCUT2D eigenvalue weighted by molar-refractivity contribution is 5.85. The summed E-state index contributed by atoms with van der Waals surface area (Å²) in [5, 5.41) is 8.72. The van der Waals surface area contributed by atoms with E-state index < -0.39 is 11.6 Å². The largest absolute Gasteiger partial charge is 0.481 e. The van der Waals surface area contributed by atoms with Crippen LogP contribution in [0.15, 0.2) is 0 Å². The minimum atomic E-state index is -0.873. The molecule has 1 unspecified atom stereocenters. The number of ether oxygens (including phenoxy) is 1. The second-order valence-electron chi connectivity index (χ2n) is 6.07. The van der Waals surface area contributed by atoms with E-state index in [2.05, 4.69) is 0 Å². The van der Waals surface area contributed by atoms with Crippen molar-refractivity contribution in [2.75, 3.05) is 13.1 Å². The zero-order valence-corrected chi connectivity index (χ0v) is 13.1. The molecule has 118 valence electrons. The van der Waals surface area contributed by atoms with Gasteiger partial charge in [-0.15, -0.1) is 12.4 Å². The Morgan fingerprint density at radius 1 is 1.35 bits per heavy atom. The Labute approximate surface area is 126 Å². The number of aliphatic carboxylic acids is 1. The molecular weight excluding hydrogens is 284 g/mol. The van der Waals surface area contributed by atoms with Crippen molar-refractivity contribution in [3.8, 4) is 0 Å². The molecule has 7 heteroatoms. The molecule has 0 saturated carbocycles. The number of rotatable bonds is 3. The average Bonchev–Trinajstić information content (AvgIpc) is 2.26. The fraction of sp³-hybridized carbons (Fsp3) is 0.846. The number of amides is 1. The number of piperidine rings is 1. The molecule has 0 aromatic heterocycles. The highest BCUT2D eigenvalue weighted by atomic mass is 35.5. The normalized spacial score (nSPS) is 18.1. The van der Waals surface area contributed by atoms with Crippen LogP contribution in [0.2, 0.25) is 0 Å². The van der Waals surface area contributed by atoms with Crippen molar-refractivity contribution >= 4 is 24.5 Å². The van der Waals surface area contributed by atoms with Crippen LogP contribution in [0.3, 0.4) is 0 Å². The van der Waals surface area contributed by atoms with E-state index in [0.29, 0.717) is 13.1 Å². The third-order valence-electron chi connectivity index (χ3n) is 3.21. The van der Waals surface area contributed by atoms with Crippen molar-refractivity contribution < 1.29 is 19.4 Å². The molecule has 1 heterocycles. The number of carboxylic acids is 1. The Hall–Kier alpha value is -1.01. The smallest absolute Gasteiger partial charge is 0.410 e. The number of carboxylic acid groups (broad SMARTS) is 1. The molecule has 0 bridgehead atoms. The Bertz CT molecular complexity index is 336. The molecule has 1 aliphatic rings. The molecule has 1 rings (SSSR count). The predicted molar refractivity (Wildman–Crippen MR) is 78.0 cm³/mol. The van der Waals surface area contributed by atoms with Gasteiger partial charge in [-0.05, 0) is 39.5 Å². The van der Waals surface area contributed by atoms with E-state index in [4.69, 9.17) is 15.6 Å². The van der Waals surface area contributed by atoms with Crippen LogP contribution in [0.5, 0.6) is 0 Å². The van der Waals surface area contributed by atoms with Crippen LogP contribution in [-0.2, 0) is 9.53 Å². The summed E-state index contributed by atoms with van der Waals surface area (Å²) < 4.78 is 5.30. The molecule has 0 aliphatic carbocycles. The van der Waals surface area contributed by atoms with Crippen molar-refractivity contribution in [1.82, 2.24) is 4.90 Å². The van der Waals surface area contributed by atoms with Crippen LogP contribution >= 0.6 is 12.4 Å². The molecule has 1 atom stereocenters. The van der Waals surface area contributed by atoms with Gasteiger partial charge in [-0.3, -0.25) is 4.79 Å². The van der Waals surface area contributed by atoms with Gasteiger partial charge in [0.15, 0.2) is 0 Å². The highest BCUT2D eigenvalue weighted by Crippen LogP contribution is 2.22. The molecule has 1 amide bonds. The number of halogens is 1. The molecule has 0 aromatic carbocycles. The summed E-state index contributed by atoms with van der Waals surface area (Å²) in [4.78, 5) is 24.1. The maximum Gasteiger partial charge on any atom is 0.410 e. The number of hydrogen-bond donors (Lipinski definition) is 2. The highest BCUT2D eigenvalue weighted by Gasteiger charge is 2.29.